The van der Waals surface area contributed by atoms with Gasteiger partial charge in [-0.25, -0.2) is 4.98 Å². The number of ether oxygens (including phenoxy) is 1. The highest BCUT2D eigenvalue weighted by atomic mass is 16.5. The maximum atomic E-state index is 6.01. The molecule has 0 aliphatic carbocycles. The van der Waals surface area contributed by atoms with Crippen molar-refractivity contribution in [1.82, 2.24) is 20.1 Å². The fourth-order valence-corrected chi connectivity index (χ4v) is 3.64. The minimum absolute atomic E-state index is 0.465. The van der Waals surface area contributed by atoms with Crippen molar-refractivity contribution >= 4 is 0 Å². The molecule has 5 heteroatoms. The van der Waals surface area contributed by atoms with Crippen LogP contribution >= 0.6 is 0 Å². The Kier molecular flexibility index (Phi) is 3.84. The number of aromatic nitrogens is 3. The van der Waals surface area contributed by atoms with Crippen LogP contribution in [0.4, 0.5) is 0 Å². The van der Waals surface area contributed by atoms with Gasteiger partial charge < -0.3 is 10.1 Å². The van der Waals surface area contributed by atoms with Gasteiger partial charge in [-0.2, -0.15) is 5.10 Å². The topological polar surface area (TPSA) is 52.0 Å². The van der Waals surface area contributed by atoms with E-state index in [2.05, 4.69) is 29.2 Å². The van der Waals surface area contributed by atoms with Gasteiger partial charge in [-0.3, -0.25) is 4.68 Å². The molecule has 4 unspecified atom stereocenters. The van der Waals surface area contributed by atoms with Gasteiger partial charge in [0.25, 0.3) is 0 Å². The van der Waals surface area contributed by atoms with Crippen molar-refractivity contribution in [2.45, 2.75) is 64.3 Å². The van der Waals surface area contributed by atoms with Gasteiger partial charge in [-0.15, -0.1) is 0 Å². The third-order valence-electron chi connectivity index (χ3n) is 4.53. The second-order valence-corrected chi connectivity index (χ2v) is 5.63. The van der Waals surface area contributed by atoms with Crippen molar-refractivity contribution < 1.29 is 4.74 Å². The van der Waals surface area contributed by atoms with Crippen molar-refractivity contribution in [2.75, 3.05) is 6.54 Å². The summed E-state index contributed by atoms with van der Waals surface area (Å²) in [5, 5.41) is 7.91. The lowest BCUT2D eigenvalue weighted by molar-refractivity contribution is 0.0856. The summed E-state index contributed by atoms with van der Waals surface area (Å²) in [6.45, 7) is 6.17. The largest absolute Gasteiger partial charge is 0.375 e. The van der Waals surface area contributed by atoms with Gasteiger partial charge >= 0.3 is 0 Å². The molecule has 1 N–H and O–H groups in total. The average Bonchev–Trinajstić information content (AvgIpc) is 3.13. The van der Waals surface area contributed by atoms with Crippen molar-refractivity contribution in [2.24, 2.45) is 5.92 Å². The number of aryl methyl sites for hydroxylation is 1. The maximum Gasteiger partial charge on any atom is 0.138 e. The maximum absolute atomic E-state index is 6.01. The van der Waals surface area contributed by atoms with Crippen LogP contribution in [-0.4, -0.2) is 39.6 Å². The molecular formula is C14H24N4O. The monoisotopic (exact) mass is 264 g/mol. The number of likely N-dealkylation sites (N-methyl/N-ethyl adjacent to an activating group) is 1. The average molecular weight is 264 g/mol. The van der Waals surface area contributed by atoms with E-state index >= 15 is 0 Å². The summed E-state index contributed by atoms with van der Waals surface area (Å²) in [4.78, 5) is 4.41. The summed E-state index contributed by atoms with van der Waals surface area (Å²) < 4.78 is 8.00. The summed E-state index contributed by atoms with van der Waals surface area (Å²) >= 11 is 0. The van der Waals surface area contributed by atoms with Crippen LogP contribution in [-0.2, 0) is 17.7 Å². The molecule has 19 heavy (non-hydrogen) atoms. The molecular weight excluding hydrogens is 240 g/mol. The van der Waals surface area contributed by atoms with Gasteiger partial charge in [0.05, 0.1) is 12.2 Å². The van der Waals surface area contributed by atoms with Gasteiger partial charge in [-0.05, 0) is 32.7 Å². The molecule has 3 heterocycles. The normalized spacial score (nSPS) is 30.9. The van der Waals surface area contributed by atoms with Crippen LogP contribution in [0.3, 0.4) is 0 Å². The molecule has 2 bridgehead atoms. The fraction of sp³-hybridized carbons (Fsp3) is 0.857. The summed E-state index contributed by atoms with van der Waals surface area (Å²) in [6.07, 6.45) is 7.30. The first-order valence-electron chi connectivity index (χ1n) is 7.57. The Bertz CT molecular complexity index is 419. The summed E-state index contributed by atoms with van der Waals surface area (Å²) in [7, 11) is 0. The Morgan fingerprint density at radius 3 is 3.00 bits per heavy atom. The third kappa shape index (κ3) is 2.54. The number of fused-ring (bicyclic) bond motifs is 2. The van der Waals surface area contributed by atoms with Crippen molar-refractivity contribution in [3.63, 3.8) is 0 Å². The lowest BCUT2D eigenvalue weighted by atomic mass is 9.82. The van der Waals surface area contributed by atoms with E-state index in [1.165, 1.54) is 19.3 Å². The van der Waals surface area contributed by atoms with Crippen LogP contribution < -0.4 is 5.32 Å². The van der Waals surface area contributed by atoms with Crippen molar-refractivity contribution in [3.8, 4) is 0 Å². The van der Waals surface area contributed by atoms with Crippen LogP contribution in [0.25, 0.3) is 0 Å². The highest BCUT2D eigenvalue weighted by molar-refractivity contribution is 4.99. The second kappa shape index (κ2) is 5.59. The molecule has 1 aromatic rings. The van der Waals surface area contributed by atoms with E-state index in [9.17, 15) is 0 Å². The van der Waals surface area contributed by atoms with Crippen LogP contribution in [0.2, 0.25) is 0 Å². The minimum atomic E-state index is 0.465. The molecule has 0 saturated carbocycles. The zero-order valence-corrected chi connectivity index (χ0v) is 11.9. The molecule has 0 aromatic carbocycles. The van der Waals surface area contributed by atoms with Crippen LogP contribution in [0.1, 0.15) is 38.9 Å². The van der Waals surface area contributed by atoms with Crippen LogP contribution in [0, 0.1) is 5.92 Å². The molecule has 2 saturated heterocycles. The van der Waals surface area contributed by atoms with E-state index in [0.717, 1.165) is 25.3 Å². The number of hydrogen-bond acceptors (Lipinski definition) is 4. The molecule has 2 aliphatic rings. The van der Waals surface area contributed by atoms with Crippen molar-refractivity contribution in [3.05, 3.63) is 12.2 Å². The summed E-state index contributed by atoms with van der Waals surface area (Å²) in [5.41, 5.74) is 0. The molecule has 0 spiro atoms. The van der Waals surface area contributed by atoms with E-state index < -0.39 is 0 Å². The molecule has 5 nitrogen and oxygen atoms in total. The summed E-state index contributed by atoms with van der Waals surface area (Å²) in [5.74, 6) is 1.73. The van der Waals surface area contributed by atoms with Gasteiger partial charge in [0, 0.05) is 24.9 Å². The molecule has 0 amide bonds. The molecule has 2 fully saturated rings. The second-order valence-electron chi connectivity index (χ2n) is 5.63. The number of nitrogens with zero attached hydrogens (tertiary/aromatic N) is 3. The van der Waals surface area contributed by atoms with E-state index in [4.69, 9.17) is 4.74 Å². The lowest BCUT2D eigenvalue weighted by Gasteiger charge is -2.28. The number of nitrogens with one attached hydrogen (secondary N) is 1. The van der Waals surface area contributed by atoms with Crippen molar-refractivity contribution in [1.29, 1.82) is 0 Å². The van der Waals surface area contributed by atoms with Gasteiger partial charge in [0.2, 0.25) is 0 Å². The predicted octanol–water partition coefficient (Wildman–Crippen LogP) is 1.39. The highest BCUT2D eigenvalue weighted by Crippen LogP contribution is 2.40. The lowest BCUT2D eigenvalue weighted by Crippen LogP contribution is -2.42. The standard InChI is InChI=1S/C14H24N4O/c1-3-15-12(8-14-16-9-17-18(14)4-2)11-7-10-5-6-13(11)19-10/h9-13,15H,3-8H2,1-2H3. The first kappa shape index (κ1) is 13.1. The minimum Gasteiger partial charge on any atom is -0.375 e. The van der Waals surface area contributed by atoms with Gasteiger partial charge in [0.1, 0.15) is 12.2 Å². The smallest absolute Gasteiger partial charge is 0.138 e. The fourth-order valence-electron chi connectivity index (χ4n) is 3.64. The number of hydrogen-bond donors (Lipinski definition) is 1. The molecule has 3 rings (SSSR count). The third-order valence-corrected chi connectivity index (χ3v) is 4.53. The molecule has 2 aliphatic heterocycles. The van der Waals surface area contributed by atoms with Gasteiger partial charge in [0.15, 0.2) is 0 Å². The van der Waals surface area contributed by atoms with E-state index in [1.54, 1.807) is 6.33 Å². The van der Waals surface area contributed by atoms with Gasteiger partial charge in [-0.1, -0.05) is 6.92 Å². The molecule has 4 atom stereocenters. The Balaban J connectivity index is 1.71. The quantitative estimate of drug-likeness (QED) is 0.843. The summed E-state index contributed by atoms with van der Waals surface area (Å²) in [6, 6.07) is 0.467. The zero-order valence-electron chi connectivity index (χ0n) is 11.9. The Labute approximate surface area is 114 Å². The van der Waals surface area contributed by atoms with Crippen LogP contribution in [0.15, 0.2) is 6.33 Å². The van der Waals surface area contributed by atoms with E-state index in [1.807, 2.05) is 4.68 Å². The Hall–Kier alpha value is -0.940. The molecule has 0 radical (unpaired) electrons. The van der Waals surface area contributed by atoms with E-state index in [-0.39, 0.29) is 0 Å². The Morgan fingerprint density at radius 2 is 2.37 bits per heavy atom. The first-order chi connectivity index (χ1) is 9.31. The van der Waals surface area contributed by atoms with Crippen LogP contribution in [0.5, 0.6) is 0 Å². The van der Waals surface area contributed by atoms with E-state index in [0.29, 0.717) is 24.2 Å². The molecule has 106 valence electrons. The SMILES string of the molecule is CCNC(Cc1ncnn1CC)C1CC2CCC1O2. The first-order valence-corrected chi connectivity index (χ1v) is 7.57. The Morgan fingerprint density at radius 1 is 1.47 bits per heavy atom. The molecule has 1 aromatic heterocycles. The zero-order chi connectivity index (χ0) is 13.2. The highest BCUT2D eigenvalue weighted by Gasteiger charge is 2.44. The number of rotatable bonds is 6. The predicted molar refractivity (Wildman–Crippen MR) is 72.9 cm³/mol.